The minimum Gasteiger partial charge on any atom is -0.0622 e. The average Bonchev–Trinajstić information content (AvgIpc) is 2.51. The van der Waals surface area contributed by atoms with Gasteiger partial charge in [-0.2, -0.15) is 0 Å². The summed E-state index contributed by atoms with van der Waals surface area (Å²) in [6, 6.07) is 32.3. The Kier molecular flexibility index (Phi) is 6.32. The second kappa shape index (κ2) is 8.00. The molecule has 0 aliphatic heterocycles. The molecule has 0 amide bonds. The molecule has 0 aliphatic carbocycles. The Bertz CT molecular complexity index is 529. The van der Waals surface area contributed by atoms with Crippen LogP contribution in [0.25, 0.3) is 0 Å². The minimum absolute atomic E-state index is 0. The zero-order valence-corrected chi connectivity index (χ0v) is 14.1. The van der Waals surface area contributed by atoms with E-state index in [1.165, 1.54) is 15.9 Å². The third kappa shape index (κ3) is 3.74. The summed E-state index contributed by atoms with van der Waals surface area (Å²) in [7, 11) is -0.446. The molecule has 0 aliphatic rings. The second-order valence-electron chi connectivity index (χ2n) is 4.34. The van der Waals surface area contributed by atoms with E-state index in [1.807, 2.05) is 0 Å². The van der Waals surface area contributed by atoms with Crippen molar-refractivity contribution >= 4 is 23.8 Å². The maximum Gasteiger partial charge on any atom is 0 e. The molecule has 0 fully saturated rings. The minimum atomic E-state index is -0.446. The first-order valence-electron chi connectivity index (χ1n) is 6.40. The molecule has 0 unspecified atom stereocenters. The van der Waals surface area contributed by atoms with Crippen LogP contribution in [0.15, 0.2) is 91.0 Å². The van der Waals surface area contributed by atoms with Gasteiger partial charge in [-0.3, -0.25) is 0 Å². The summed E-state index contributed by atoms with van der Waals surface area (Å²) in [5, 5.41) is 4.19. The molecule has 3 aromatic rings. The predicted molar refractivity (Wildman–Crippen MR) is 85.1 cm³/mol. The van der Waals surface area contributed by atoms with Crippen molar-refractivity contribution in [3.63, 3.8) is 0 Å². The summed E-state index contributed by atoms with van der Waals surface area (Å²) in [6.45, 7) is 0. The molecule has 2 heteroatoms. The molecular weight excluding hydrogens is 404 g/mol. The van der Waals surface area contributed by atoms with E-state index < -0.39 is 7.92 Å². The summed E-state index contributed by atoms with van der Waals surface area (Å²) in [6.07, 6.45) is 0. The molecule has 0 saturated heterocycles. The molecule has 3 rings (SSSR count). The van der Waals surface area contributed by atoms with E-state index in [2.05, 4.69) is 91.0 Å². The summed E-state index contributed by atoms with van der Waals surface area (Å²) >= 11 is 0. The topological polar surface area (TPSA) is 0 Å². The molecule has 0 atom stereocenters. The summed E-state index contributed by atoms with van der Waals surface area (Å²) in [5.41, 5.74) is 0. The third-order valence-electron chi connectivity index (χ3n) is 3.04. The standard InChI is InChI=1S/C18H15P.Gd/c1-4-10-16(11-5-1)19(17-12-6-2-7-13-17)18-14-8-3-9-15-18;/h1-15H;. The van der Waals surface area contributed by atoms with Gasteiger partial charge < -0.3 is 0 Å². The molecule has 0 heterocycles. The van der Waals surface area contributed by atoms with Crippen molar-refractivity contribution in [3.8, 4) is 0 Å². The molecule has 0 N–H and O–H groups in total. The Labute approximate surface area is 153 Å². The van der Waals surface area contributed by atoms with Gasteiger partial charge in [0, 0.05) is 39.9 Å². The smallest absolute Gasteiger partial charge is 0 e. The molecular formula is C18H15GdP. The van der Waals surface area contributed by atoms with Crippen LogP contribution in [0.1, 0.15) is 0 Å². The molecule has 0 radical (unpaired) electrons. The van der Waals surface area contributed by atoms with Crippen molar-refractivity contribution in [3.05, 3.63) is 91.0 Å². The average molecular weight is 420 g/mol. The molecule has 3 aromatic carbocycles. The van der Waals surface area contributed by atoms with Gasteiger partial charge in [0.15, 0.2) is 0 Å². The third-order valence-corrected chi connectivity index (χ3v) is 5.49. The number of rotatable bonds is 3. The zero-order chi connectivity index (χ0) is 12.9. The molecule has 20 heavy (non-hydrogen) atoms. The van der Waals surface area contributed by atoms with E-state index in [4.69, 9.17) is 0 Å². The van der Waals surface area contributed by atoms with Gasteiger partial charge in [-0.15, -0.1) is 0 Å². The Morgan fingerprint density at radius 3 is 0.900 bits per heavy atom. The fourth-order valence-electron chi connectivity index (χ4n) is 2.18. The molecule has 0 bridgehead atoms. The van der Waals surface area contributed by atoms with E-state index >= 15 is 0 Å². The van der Waals surface area contributed by atoms with Gasteiger partial charge in [-0.25, -0.2) is 0 Å². The van der Waals surface area contributed by atoms with E-state index in [0.29, 0.717) is 0 Å². The largest absolute Gasteiger partial charge is 0.0622 e. The Morgan fingerprint density at radius 2 is 0.650 bits per heavy atom. The van der Waals surface area contributed by atoms with E-state index in [-0.39, 0.29) is 39.9 Å². The van der Waals surface area contributed by atoms with Crippen molar-refractivity contribution in [1.82, 2.24) is 0 Å². The normalized spacial score (nSPS) is 10.1. The van der Waals surface area contributed by atoms with Crippen LogP contribution in [-0.2, 0) is 0 Å². The fraction of sp³-hybridized carbons (Fsp3) is 0. The van der Waals surface area contributed by atoms with Crippen LogP contribution >= 0.6 is 7.92 Å². The Hall–Kier alpha value is -0.585. The number of hydrogen-bond acceptors (Lipinski definition) is 0. The van der Waals surface area contributed by atoms with Crippen LogP contribution in [0.4, 0.5) is 0 Å². The fourth-order valence-corrected chi connectivity index (χ4v) is 4.48. The second-order valence-corrected chi connectivity index (χ2v) is 6.56. The summed E-state index contributed by atoms with van der Waals surface area (Å²) in [5.74, 6) is 0. The molecule has 100 valence electrons. The Morgan fingerprint density at radius 1 is 0.400 bits per heavy atom. The number of hydrogen-bond donors (Lipinski definition) is 0. The van der Waals surface area contributed by atoms with Gasteiger partial charge in [-0.05, 0) is 23.8 Å². The summed E-state index contributed by atoms with van der Waals surface area (Å²) < 4.78 is 0. The molecule has 0 spiro atoms. The zero-order valence-electron chi connectivity index (χ0n) is 11.0. The monoisotopic (exact) mass is 420 g/mol. The van der Waals surface area contributed by atoms with Crippen molar-refractivity contribution in [1.29, 1.82) is 0 Å². The van der Waals surface area contributed by atoms with Crippen LogP contribution in [0.3, 0.4) is 0 Å². The maximum atomic E-state index is 2.23. The number of benzene rings is 3. The predicted octanol–water partition coefficient (Wildman–Crippen LogP) is 3.44. The van der Waals surface area contributed by atoms with Crippen molar-refractivity contribution in [2.75, 3.05) is 0 Å². The van der Waals surface area contributed by atoms with Crippen molar-refractivity contribution in [2.24, 2.45) is 0 Å². The van der Waals surface area contributed by atoms with Gasteiger partial charge in [0.05, 0.1) is 0 Å². The Balaban J connectivity index is 0.00000147. The van der Waals surface area contributed by atoms with Crippen molar-refractivity contribution in [2.45, 2.75) is 0 Å². The van der Waals surface area contributed by atoms with Crippen LogP contribution in [0.5, 0.6) is 0 Å². The maximum absolute atomic E-state index is 2.23. The first-order chi connectivity index (χ1) is 9.45. The van der Waals surface area contributed by atoms with Gasteiger partial charge >= 0.3 is 0 Å². The first kappa shape index (κ1) is 15.8. The van der Waals surface area contributed by atoms with E-state index in [1.54, 1.807) is 0 Å². The summed E-state index contributed by atoms with van der Waals surface area (Å²) in [4.78, 5) is 0. The van der Waals surface area contributed by atoms with Crippen LogP contribution in [-0.4, -0.2) is 0 Å². The van der Waals surface area contributed by atoms with Crippen molar-refractivity contribution < 1.29 is 39.9 Å². The quantitative estimate of drug-likeness (QED) is 0.571. The van der Waals surface area contributed by atoms with Crippen LogP contribution < -0.4 is 15.9 Å². The van der Waals surface area contributed by atoms with Gasteiger partial charge in [0.2, 0.25) is 0 Å². The molecule has 0 aromatic heterocycles. The SMILES string of the molecule is [Gd].c1ccc(P(c2ccccc2)c2ccccc2)cc1. The van der Waals surface area contributed by atoms with E-state index in [9.17, 15) is 0 Å². The van der Waals surface area contributed by atoms with Crippen LogP contribution in [0.2, 0.25) is 0 Å². The first-order valence-corrected chi connectivity index (χ1v) is 7.74. The van der Waals surface area contributed by atoms with Gasteiger partial charge in [0.25, 0.3) is 0 Å². The molecule has 0 nitrogen and oxygen atoms in total. The van der Waals surface area contributed by atoms with Crippen LogP contribution in [0, 0.1) is 39.9 Å². The van der Waals surface area contributed by atoms with E-state index in [0.717, 1.165) is 0 Å². The van der Waals surface area contributed by atoms with Gasteiger partial charge in [-0.1, -0.05) is 91.0 Å². The van der Waals surface area contributed by atoms with Gasteiger partial charge in [0.1, 0.15) is 0 Å². The molecule has 0 saturated carbocycles.